The predicted molar refractivity (Wildman–Crippen MR) is 60.9 cm³/mol. The van der Waals surface area contributed by atoms with Crippen molar-refractivity contribution in [3.63, 3.8) is 0 Å². The van der Waals surface area contributed by atoms with Crippen molar-refractivity contribution in [1.82, 2.24) is 0 Å². The Hall–Kier alpha value is -1.77. The topological polar surface area (TPSA) is 50.4 Å². The number of hydrogen-bond acceptors (Lipinski definition) is 3. The second-order valence-corrected chi connectivity index (χ2v) is 4.29. The Bertz CT molecular complexity index is 638. The van der Waals surface area contributed by atoms with E-state index in [-0.39, 0.29) is 11.4 Å². The molecule has 3 heteroatoms. The summed E-state index contributed by atoms with van der Waals surface area (Å²) in [6, 6.07) is 3.50. The summed E-state index contributed by atoms with van der Waals surface area (Å²) >= 11 is 0. The van der Waals surface area contributed by atoms with Crippen molar-refractivity contribution in [2.24, 2.45) is 0 Å². The van der Waals surface area contributed by atoms with Gasteiger partial charge in [-0.15, -0.1) is 0 Å². The van der Waals surface area contributed by atoms with Crippen LogP contribution in [0.2, 0.25) is 0 Å². The lowest BCUT2D eigenvalue weighted by molar-refractivity contribution is 0.468. The van der Waals surface area contributed by atoms with Crippen LogP contribution in [0.3, 0.4) is 0 Å². The van der Waals surface area contributed by atoms with Crippen LogP contribution < -0.4 is 5.63 Å². The number of aromatic hydroxyl groups is 1. The van der Waals surface area contributed by atoms with Gasteiger partial charge in [0.05, 0.1) is 0 Å². The molecule has 0 amide bonds. The Labute approximate surface area is 92.3 Å². The van der Waals surface area contributed by atoms with E-state index in [1.165, 1.54) is 0 Å². The summed E-state index contributed by atoms with van der Waals surface area (Å²) in [5, 5.41) is 10.6. The second-order valence-electron chi connectivity index (χ2n) is 4.29. The number of benzene rings is 1. The number of fused-ring (bicyclic) bond motifs is 3. The van der Waals surface area contributed by atoms with Crippen LogP contribution in [0.15, 0.2) is 21.3 Å². The van der Waals surface area contributed by atoms with E-state index in [0.717, 1.165) is 35.8 Å². The fraction of sp³-hybridized carbons (Fsp3) is 0.308. The van der Waals surface area contributed by atoms with Crippen molar-refractivity contribution >= 4 is 11.0 Å². The zero-order chi connectivity index (χ0) is 11.3. The fourth-order valence-electron chi connectivity index (χ4n) is 2.47. The van der Waals surface area contributed by atoms with E-state index in [4.69, 9.17) is 4.42 Å². The van der Waals surface area contributed by atoms with Gasteiger partial charge in [-0.1, -0.05) is 0 Å². The summed E-state index contributed by atoms with van der Waals surface area (Å²) in [5.41, 5.74) is 2.86. The van der Waals surface area contributed by atoms with E-state index in [0.29, 0.717) is 11.1 Å². The molecule has 0 aliphatic heterocycles. The van der Waals surface area contributed by atoms with Gasteiger partial charge in [0.15, 0.2) is 0 Å². The summed E-state index contributed by atoms with van der Waals surface area (Å²) in [4.78, 5) is 11.7. The average Bonchev–Trinajstić information content (AvgIpc) is 2.74. The molecule has 1 aromatic heterocycles. The van der Waals surface area contributed by atoms with E-state index < -0.39 is 0 Å². The van der Waals surface area contributed by atoms with Crippen molar-refractivity contribution in [1.29, 1.82) is 0 Å². The highest BCUT2D eigenvalue weighted by Crippen LogP contribution is 2.32. The van der Waals surface area contributed by atoms with Crippen LogP contribution >= 0.6 is 0 Å². The van der Waals surface area contributed by atoms with Gasteiger partial charge in [-0.25, -0.2) is 4.79 Å². The maximum absolute atomic E-state index is 11.7. The van der Waals surface area contributed by atoms with Crippen LogP contribution in [-0.2, 0) is 12.8 Å². The molecule has 1 aliphatic rings. The molecule has 0 saturated carbocycles. The van der Waals surface area contributed by atoms with Crippen LogP contribution in [0.5, 0.6) is 5.75 Å². The maximum atomic E-state index is 11.7. The normalized spacial score (nSPS) is 14.3. The summed E-state index contributed by atoms with van der Waals surface area (Å²) in [6.07, 6.45) is 2.76. The molecule has 0 saturated heterocycles. The fourth-order valence-corrected chi connectivity index (χ4v) is 2.47. The minimum Gasteiger partial charge on any atom is -0.508 e. The highest BCUT2D eigenvalue weighted by atomic mass is 16.4. The first kappa shape index (κ1) is 9.46. The van der Waals surface area contributed by atoms with Gasteiger partial charge in [0, 0.05) is 16.5 Å². The molecule has 0 radical (unpaired) electrons. The smallest absolute Gasteiger partial charge is 0.339 e. The van der Waals surface area contributed by atoms with Crippen molar-refractivity contribution in [2.45, 2.75) is 26.2 Å². The third-order valence-electron chi connectivity index (χ3n) is 3.36. The van der Waals surface area contributed by atoms with E-state index in [9.17, 15) is 9.90 Å². The van der Waals surface area contributed by atoms with Crippen molar-refractivity contribution in [3.8, 4) is 5.75 Å². The quantitative estimate of drug-likeness (QED) is 0.687. The first-order chi connectivity index (χ1) is 7.68. The lowest BCUT2D eigenvalue weighted by atomic mass is 10.0. The highest BCUT2D eigenvalue weighted by Gasteiger charge is 2.20. The number of hydrogen-bond donors (Lipinski definition) is 1. The van der Waals surface area contributed by atoms with E-state index in [2.05, 4.69) is 0 Å². The van der Waals surface area contributed by atoms with Crippen LogP contribution in [0.4, 0.5) is 0 Å². The molecule has 1 heterocycles. The molecule has 0 spiro atoms. The summed E-state index contributed by atoms with van der Waals surface area (Å²) in [7, 11) is 0. The Balaban J connectivity index is 2.52. The van der Waals surface area contributed by atoms with Gasteiger partial charge >= 0.3 is 5.63 Å². The Morgan fingerprint density at radius 3 is 2.81 bits per heavy atom. The third kappa shape index (κ3) is 1.11. The maximum Gasteiger partial charge on any atom is 0.339 e. The van der Waals surface area contributed by atoms with E-state index in [1.807, 2.05) is 6.07 Å². The van der Waals surface area contributed by atoms with Gasteiger partial charge < -0.3 is 9.52 Å². The number of rotatable bonds is 0. The first-order valence-electron chi connectivity index (χ1n) is 5.45. The molecule has 0 fully saturated rings. The van der Waals surface area contributed by atoms with Crippen LogP contribution in [0, 0.1) is 6.92 Å². The van der Waals surface area contributed by atoms with Crippen LogP contribution in [-0.4, -0.2) is 5.11 Å². The zero-order valence-electron chi connectivity index (χ0n) is 9.04. The van der Waals surface area contributed by atoms with Crippen LogP contribution in [0.1, 0.15) is 23.1 Å². The summed E-state index contributed by atoms with van der Waals surface area (Å²) < 4.78 is 5.30. The molecular weight excluding hydrogens is 204 g/mol. The van der Waals surface area contributed by atoms with Gasteiger partial charge in [0.1, 0.15) is 11.3 Å². The minimum atomic E-state index is -0.242. The largest absolute Gasteiger partial charge is 0.508 e. The molecule has 2 aromatic rings. The molecule has 0 bridgehead atoms. The van der Waals surface area contributed by atoms with Gasteiger partial charge in [-0.2, -0.15) is 0 Å². The lowest BCUT2D eigenvalue weighted by Gasteiger charge is -2.07. The first-order valence-corrected chi connectivity index (χ1v) is 5.45. The molecule has 82 valence electrons. The van der Waals surface area contributed by atoms with Crippen LogP contribution in [0.25, 0.3) is 11.0 Å². The van der Waals surface area contributed by atoms with Gasteiger partial charge in [-0.3, -0.25) is 0 Å². The highest BCUT2D eigenvalue weighted by molar-refractivity contribution is 5.86. The van der Waals surface area contributed by atoms with E-state index in [1.54, 1.807) is 13.0 Å². The Kier molecular flexibility index (Phi) is 1.84. The van der Waals surface area contributed by atoms with Gasteiger partial charge in [-0.05, 0) is 43.9 Å². The molecule has 0 unspecified atom stereocenters. The predicted octanol–water partition coefficient (Wildman–Crippen LogP) is 2.30. The molecule has 1 aromatic carbocycles. The Morgan fingerprint density at radius 2 is 2.00 bits per heavy atom. The molecule has 3 nitrogen and oxygen atoms in total. The summed E-state index contributed by atoms with van der Waals surface area (Å²) in [5.74, 6) is 0.175. The number of phenols is 1. The molecule has 16 heavy (non-hydrogen) atoms. The van der Waals surface area contributed by atoms with Crippen molar-refractivity contribution < 1.29 is 9.52 Å². The average molecular weight is 216 g/mol. The standard InChI is InChI=1S/C13H12O3/c1-7-11(14)6-5-9-8-3-2-4-10(8)13(15)16-12(7)9/h5-6,14H,2-4H2,1H3. The van der Waals surface area contributed by atoms with Crippen molar-refractivity contribution in [2.75, 3.05) is 0 Å². The molecule has 3 rings (SSSR count). The SMILES string of the molecule is Cc1c(O)ccc2c3c(c(=O)oc12)CCC3. The number of aryl methyl sites for hydroxylation is 2. The van der Waals surface area contributed by atoms with Crippen molar-refractivity contribution in [3.05, 3.63) is 39.2 Å². The van der Waals surface area contributed by atoms with Gasteiger partial charge in [0.2, 0.25) is 0 Å². The monoisotopic (exact) mass is 216 g/mol. The zero-order valence-corrected chi connectivity index (χ0v) is 9.04. The molecule has 1 N–H and O–H groups in total. The Morgan fingerprint density at radius 1 is 1.25 bits per heavy atom. The molecule has 1 aliphatic carbocycles. The van der Waals surface area contributed by atoms with Gasteiger partial charge in [0.25, 0.3) is 0 Å². The lowest BCUT2D eigenvalue weighted by Crippen LogP contribution is -2.07. The van der Waals surface area contributed by atoms with E-state index >= 15 is 0 Å². The second kappa shape index (κ2) is 3.11. The minimum absolute atomic E-state index is 0.175. The molecular formula is C13H12O3. The number of phenolic OH excluding ortho intramolecular Hbond substituents is 1. The third-order valence-corrected chi connectivity index (χ3v) is 3.36. The summed E-state index contributed by atoms with van der Waals surface area (Å²) in [6.45, 7) is 1.77. The molecule has 0 atom stereocenters.